The van der Waals surface area contributed by atoms with E-state index in [2.05, 4.69) is 27.2 Å². The number of anilines is 1. The first-order valence-electron chi connectivity index (χ1n) is 10.8. The molecular formula is C19H33N5O4S2. The van der Waals surface area contributed by atoms with Crippen LogP contribution in [0.1, 0.15) is 64.7 Å². The average molecular weight is 460 g/mol. The first-order valence-corrected chi connectivity index (χ1v) is 13.1. The maximum Gasteiger partial charge on any atom is 0.324 e. The van der Waals surface area contributed by atoms with Crippen LogP contribution in [0.2, 0.25) is 0 Å². The molecule has 30 heavy (non-hydrogen) atoms. The van der Waals surface area contributed by atoms with E-state index in [-0.39, 0.29) is 40.7 Å². The molecule has 11 heteroatoms. The van der Waals surface area contributed by atoms with Crippen LogP contribution < -0.4 is 10.0 Å². The fourth-order valence-corrected chi connectivity index (χ4v) is 6.32. The second-order valence-electron chi connectivity index (χ2n) is 8.31. The number of rotatable bonds is 8. The standard InChI is InChI=1S/C19H33N5O4S2/c1-14-8-10-16(11-9-14)24(15-6-4-3-5-7-15)18(25)21-17-22-23-19(29-17)30(26,27)20-12-13-28-2/h14-16,20H,3-13H2,1-2H3,(H,21,22,25). The minimum Gasteiger partial charge on any atom is -0.383 e. The zero-order valence-corrected chi connectivity index (χ0v) is 19.4. The van der Waals surface area contributed by atoms with E-state index in [9.17, 15) is 13.2 Å². The Labute approximate surface area is 183 Å². The molecule has 0 radical (unpaired) electrons. The van der Waals surface area contributed by atoms with Crippen molar-refractivity contribution in [2.45, 2.75) is 81.1 Å². The second kappa shape index (κ2) is 10.8. The summed E-state index contributed by atoms with van der Waals surface area (Å²) in [5, 5.41) is 10.7. The Morgan fingerprint density at radius 2 is 1.77 bits per heavy atom. The van der Waals surface area contributed by atoms with Gasteiger partial charge in [0.2, 0.25) is 9.47 Å². The summed E-state index contributed by atoms with van der Waals surface area (Å²) in [4.78, 5) is 15.3. The number of nitrogens with zero attached hydrogens (tertiary/aromatic N) is 3. The van der Waals surface area contributed by atoms with Gasteiger partial charge in [-0.1, -0.05) is 37.5 Å². The number of carbonyl (C=O) groups excluding carboxylic acids is 1. The largest absolute Gasteiger partial charge is 0.383 e. The van der Waals surface area contributed by atoms with Crippen LogP contribution in [0.3, 0.4) is 0 Å². The molecular weight excluding hydrogens is 426 g/mol. The first kappa shape index (κ1) is 23.4. The summed E-state index contributed by atoms with van der Waals surface area (Å²) in [6.07, 6.45) is 9.87. The van der Waals surface area contributed by atoms with Crippen molar-refractivity contribution in [2.75, 3.05) is 25.6 Å². The van der Waals surface area contributed by atoms with Gasteiger partial charge < -0.3 is 9.64 Å². The third kappa shape index (κ3) is 6.12. The number of methoxy groups -OCH3 is 1. The molecule has 3 rings (SSSR count). The monoisotopic (exact) mass is 459 g/mol. The van der Waals surface area contributed by atoms with Gasteiger partial charge in [-0.15, -0.1) is 10.2 Å². The van der Waals surface area contributed by atoms with Gasteiger partial charge in [-0.3, -0.25) is 5.32 Å². The number of nitrogens with one attached hydrogen (secondary N) is 2. The quantitative estimate of drug-likeness (QED) is 0.456. The average Bonchev–Trinajstić information content (AvgIpc) is 3.20. The molecule has 0 atom stereocenters. The summed E-state index contributed by atoms with van der Waals surface area (Å²) in [7, 11) is -2.27. The highest BCUT2D eigenvalue weighted by molar-refractivity contribution is 7.91. The van der Waals surface area contributed by atoms with Crippen molar-refractivity contribution in [1.29, 1.82) is 0 Å². The second-order valence-corrected chi connectivity index (χ2v) is 11.2. The molecule has 2 aliphatic carbocycles. The summed E-state index contributed by atoms with van der Waals surface area (Å²) in [6, 6.07) is 0.286. The van der Waals surface area contributed by atoms with Gasteiger partial charge in [0.25, 0.3) is 10.0 Å². The number of carbonyl (C=O) groups is 1. The Hall–Kier alpha value is -1.30. The minimum absolute atomic E-state index is 0.148. The lowest BCUT2D eigenvalue weighted by Crippen LogP contribution is -2.51. The molecule has 1 aromatic heterocycles. The molecule has 0 bridgehead atoms. The first-order chi connectivity index (χ1) is 14.4. The fraction of sp³-hybridized carbons (Fsp3) is 0.842. The van der Waals surface area contributed by atoms with Crippen LogP contribution in [-0.2, 0) is 14.8 Å². The Kier molecular flexibility index (Phi) is 8.44. The van der Waals surface area contributed by atoms with Crippen molar-refractivity contribution >= 4 is 32.5 Å². The summed E-state index contributed by atoms with van der Waals surface area (Å²) < 4.78 is 31.7. The lowest BCUT2D eigenvalue weighted by atomic mass is 9.84. The van der Waals surface area contributed by atoms with E-state index in [0.29, 0.717) is 5.92 Å². The summed E-state index contributed by atoms with van der Waals surface area (Å²) in [6.45, 7) is 2.68. The summed E-state index contributed by atoms with van der Waals surface area (Å²) in [5.74, 6) is 0.707. The molecule has 0 unspecified atom stereocenters. The molecule has 9 nitrogen and oxygen atoms in total. The van der Waals surface area contributed by atoms with Gasteiger partial charge in [-0.05, 0) is 44.4 Å². The van der Waals surface area contributed by atoms with Crippen molar-refractivity contribution in [3.8, 4) is 0 Å². The molecule has 0 aliphatic heterocycles. The molecule has 2 fully saturated rings. The molecule has 0 saturated heterocycles. The third-order valence-corrected chi connectivity index (χ3v) is 8.70. The number of amides is 2. The topological polar surface area (TPSA) is 114 Å². The van der Waals surface area contributed by atoms with Crippen LogP contribution in [0, 0.1) is 5.92 Å². The molecule has 1 aromatic rings. The molecule has 2 aliphatic rings. The van der Waals surface area contributed by atoms with Crippen LogP contribution in [0.15, 0.2) is 4.34 Å². The van der Waals surface area contributed by atoms with E-state index < -0.39 is 10.0 Å². The smallest absolute Gasteiger partial charge is 0.324 e. The lowest BCUT2D eigenvalue weighted by Gasteiger charge is -2.42. The Morgan fingerprint density at radius 3 is 2.43 bits per heavy atom. The maximum atomic E-state index is 13.2. The number of hydrogen-bond donors (Lipinski definition) is 2. The van der Waals surface area contributed by atoms with Gasteiger partial charge in [0, 0.05) is 25.7 Å². The van der Waals surface area contributed by atoms with Crippen LogP contribution in [0.4, 0.5) is 9.93 Å². The van der Waals surface area contributed by atoms with E-state index in [1.54, 1.807) is 0 Å². The van der Waals surface area contributed by atoms with Crippen molar-refractivity contribution in [3.63, 3.8) is 0 Å². The number of sulfonamides is 1. The molecule has 170 valence electrons. The number of aromatic nitrogens is 2. The van der Waals surface area contributed by atoms with E-state index in [4.69, 9.17) is 4.74 Å². The number of hydrogen-bond acceptors (Lipinski definition) is 7. The zero-order valence-electron chi connectivity index (χ0n) is 17.8. The molecule has 0 aromatic carbocycles. The van der Waals surface area contributed by atoms with Crippen molar-refractivity contribution in [2.24, 2.45) is 5.92 Å². The Morgan fingerprint density at radius 1 is 1.10 bits per heavy atom. The summed E-state index contributed by atoms with van der Waals surface area (Å²) >= 11 is 0.865. The maximum absolute atomic E-state index is 13.2. The molecule has 2 saturated carbocycles. The van der Waals surface area contributed by atoms with E-state index >= 15 is 0 Å². The van der Waals surface area contributed by atoms with Gasteiger partial charge in [0.1, 0.15) is 0 Å². The van der Waals surface area contributed by atoms with E-state index in [1.807, 2.05) is 4.90 Å². The predicted octanol–water partition coefficient (Wildman–Crippen LogP) is 3.21. The van der Waals surface area contributed by atoms with Crippen LogP contribution in [-0.4, -0.2) is 61.9 Å². The van der Waals surface area contributed by atoms with Gasteiger partial charge >= 0.3 is 6.03 Å². The van der Waals surface area contributed by atoms with Crippen molar-refractivity contribution in [1.82, 2.24) is 19.8 Å². The van der Waals surface area contributed by atoms with Gasteiger partial charge in [0.05, 0.1) is 6.61 Å². The summed E-state index contributed by atoms with van der Waals surface area (Å²) in [5.41, 5.74) is 0. The van der Waals surface area contributed by atoms with Crippen LogP contribution in [0.5, 0.6) is 0 Å². The highest BCUT2D eigenvalue weighted by Gasteiger charge is 2.34. The van der Waals surface area contributed by atoms with Gasteiger partial charge in [-0.2, -0.15) is 0 Å². The third-order valence-electron chi connectivity index (χ3n) is 6.03. The normalized spacial score (nSPS) is 23.3. The number of ether oxygens (including phenoxy) is 1. The number of urea groups is 1. The van der Waals surface area contributed by atoms with Gasteiger partial charge in [-0.25, -0.2) is 17.9 Å². The van der Waals surface area contributed by atoms with Crippen LogP contribution >= 0.6 is 11.3 Å². The Bertz CT molecular complexity index is 787. The SMILES string of the molecule is COCCNS(=O)(=O)c1nnc(NC(=O)N(C2CCCCC2)C2CCC(C)CC2)s1. The predicted molar refractivity (Wildman–Crippen MR) is 116 cm³/mol. The minimum atomic E-state index is -3.76. The molecule has 2 amide bonds. The van der Waals surface area contributed by atoms with Gasteiger partial charge in [0.15, 0.2) is 0 Å². The Balaban J connectivity index is 1.68. The van der Waals surface area contributed by atoms with E-state index in [0.717, 1.165) is 62.7 Å². The zero-order chi connectivity index (χ0) is 21.6. The van der Waals surface area contributed by atoms with Crippen LogP contribution in [0.25, 0.3) is 0 Å². The molecule has 0 spiro atoms. The van der Waals surface area contributed by atoms with Crippen molar-refractivity contribution < 1.29 is 17.9 Å². The van der Waals surface area contributed by atoms with Crippen molar-refractivity contribution in [3.05, 3.63) is 0 Å². The van der Waals surface area contributed by atoms with E-state index in [1.165, 1.54) is 13.5 Å². The highest BCUT2D eigenvalue weighted by atomic mass is 32.2. The highest BCUT2D eigenvalue weighted by Crippen LogP contribution is 2.33. The molecule has 2 N–H and O–H groups in total. The lowest BCUT2D eigenvalue weighted by molar-refractivity contribution is 0.105. The molecule has 1 heterocycles. The fourth-order valence-electron chi connectivity index (χ4n) is 4.37.